The van der Waals surface area contributed by atoms with Gasteiger partial charge in [-0.05, 0) is 29.9 Å². The number of piperidine rings is 1. The lowest BCUT2D eigenvalue weighted by Crippen LogP contribution is -2.40. The van der Waals surface area contributed by atoms with Crippen LogP contribution in [0.2, 0.25) is 0 Å². The Morgan fingerprint density at radius 2 is 1.94 bits per heavy atom. The zero-order chi connectivity index (χ0) is 34.2. The van der Waals surface area contributed by atoms with Crippen LogP contribution in [-0.4, -0.2) is 77.9 Å². The Morgan fingerprint density at radius 1 is 1.19 bits per heavy atom. The molecule has 2 heterocycles. The van der Waals surface area contributed by atoms with Crippen molar-refractivity contribution in [1.82, 2.24) is 9.62 Å². The molecule has 252 valence electrons. The number of fused-ring (bicyclic) bond motifs is 1. The van der Waals surface area contributed by atoms with Crippen molar-refractivity contribution in [1.29, 1.82) is 5.26 Å². The third-order valence-electron chi connectivity index (χ3n) is 7.22. The van der Waals surface area contributed by atoms with Crippen molar-refractivity contribution in [2.24, 2.45) is 0 Å². The summed E-state index contributed by atoms with van der Waals surface area (Å²) in [4.78, 5) is 12.9. The predicted octanol–water partition coefficient (Wildman–Crippen LogP) is 4.86. The molecule has 10 nitrogen and oxygen atoms in total. The fourth-order valence-electron chi connectivity index (χ4n) is 5.12. The summed E-state index contributed by atoms with van der Waals surface area (Å²) < 4.78 is 93.4. The van der Waals surface area contributed by atoms with E-state index in [1.54, 1.807) is 30.0 Å². The first kappa shape index (κ1) is 35.8. The van der Waals surface area contributed by atoms with E-state index in [2.05, 4.69) is 27.4 Å². The van der Waals surface area contributed by atoms with Gasteiger partial charge >= 0.3 is 6.18 Å². The van der Waals surface area contributed by atoms with Gasteiger partial charge in [-0.3, -0.25) is 4.79 Å². The summed E-state index contributed by atoms with van der Waals surface area (Å²) in [5, 5.41) is 15.7. The second kappa shape index (κ2) is 15.7. The van der Waals surface area contributed by atoms with Crippen LogP contribution in [0, 0.1) is 29.0 Å². The average molecular weight is 696 g/mol. The molecular weight excluding hydrogens is 662 g/mol. The fourth-order valence-corrected chi connectivity index (χ4v) is 7.36. The zero-order valence-corrected chi connectivity index (χ0v) is 27.2. The van der Waals surface area contributed by atoms with E-state index in [9.17, 15) is 30.8 Å². The molecule has 0 atom stereocenters. The molecule has 4 rings (SSSR count). The highest BCUT2D eigenvalue weighted by molar-refractivity contribution is 7.90. The number of ether oxygens (including phenoxy) is 2. The van der Waals surface area contributed by atoms with Crippen LogP contribution in [0.1, 0.15) is 30.2 Å². The van der Waals surface area contributed by atoms with Gasteiger partial charge in [-0.1, -0.05) is 24.0 Å². The number of halogens is 4. The molecule has 3 aromatic rings. The molecule has 0 radical (unpaired) electrons. The summed E-state index contributed by atoms with van der Waals surface area (Å²) >= 11 is 1.15. The fraction of sp³-hybridized carbons (Fsp3) is 0.419. The Morgan fingerprint density at radius 3 is 2.60 bits per heavy atom. The molecule has 1 aliphatic rings. The molecule has 0 bridgehead atoms. The Bertz CT molecular complexity index is 1800. The van der Waals surface area contributed by atoms with Gasteiger partial charge in [0.15, 0.2) is 6.61 Å². The van der Waals surface area contributed by atoms with E-state index in [0.717, 1.165) is 68.6 Å². The molecule has 1 aromatic heterocycles. The zero-order valence-electron chi connectivity index (χ0n) is 25.6. The summed E-state index contributed by atoms with van der Waals surface area (Å²) in [7, 11) is -2.90. The lowest BCUT2D eigenvalue weighted by Gasteiger charge is -2.32. The number of benzene rings is 2. The number of likely N-dealkylation sites (tertiary alicyclic amines) is 1. The van der Waals surface area contributed by atoms with Crippen molar-refractivity contribution < 1.29 is 40.2 Å². The van der Waals surface area contributed by atoms with Crippen molar-refractivity contribution >= 4 is 48.7 Å². The number of nitriles is 1. The number of rotatable bonds is 12. The molecule has 47 heavy (non-hydrogen) atoms. The topological polar surface area (TPSA) is 133 Å². The summed E-state index contributed by atoms with van der Waals surface area (Å²) in [6.07, 6.45) is -3.90. The molecule has 1 saturated heterocycles. The number of nitrogens with zero attached hydrogens (tertiary/aromatic N) is 2. The molecule has 0 unspecified atom stereocenters. The number of hydrogen-bond acceptors (Lipinski definition) is 10. The summed E-state index contributed by atoms with van der Waals surface area (Å²) in [6.45, 7) is 3.51. The first-order chi connectivity index (χ1) is 22.3. The van der Waals surface area contributed by atoms with Crippen LogP contribution in [0.15, 0.2) is 35.2 Å². The molecule has 1 fully saturated rings. The molecule has 1 aliphatic heterocycles. The third kappa shape index (κ3) is 9.71. The Balaban J connectivity index is 1.58. The third-order valence-corrected chi connectivity index (χ3v) is 9.86. The van der Waals surface area contributed by atoms with Crippen LogP contribution in [0.4, 0.5) is 28.9 Å². The van der Waals surface area contributed by atoms with E-state index in [-0.39, 0.29) is 34.5 Å². The van der Waals surface area contributed by atoms with Gasteiger partial charge in [-0.15, -0.1) is 11.3 Å². The lowest BCUT2D eigenvalue weighted by molar-refractivity contribution is -0.127. The highest BCUT2D eigenvalue weighted by Gasteiger charge is 2.31. The number of sulfonamides is 1. The molecule has 0 spiro atoms. The number of anilines is 2. The molecule has 0 saturated carbocycles. The van der Waals surface area contributed by atoms with Gasteiger partial charge in [0.2, 0.25) is 5.91 Å². The van der Waals surface area contributed by atoms with Crippen LogP contribution in [0.25, 0.3) is 10.1 Å². The standard InChI is InChI=1S/C31H33F4N5O5S2/c1-20(41)39-47(42,43)29-18-27(45-15-10-36)26(17-24(29)32)37-11-4-7-28-23(19-31(33,34)35)22-5-3-6-25(30(22)46-28)38-21-8-12-40(13-9-21)14-16-44-2/h3,5-6,17-18,21,37-38H,8-9,11-16,19H2,1-2H3,(H,39,41). The maximum atomic E-state index is 14.8. The Hall–Kier alpha value is -4.09. The smallest absolute Gasteiger partial charge is 0.393 e. The van der Waals surface area contributed by atoms with Gasteiger partial charge in [0.1, 0.15) is 22.5 Å². The Kier molecular flexibility index (Phi) is 11.9. The van der Waals surface area contributed by atoms with Crippen LogP contribution in [0.5, 0.6) is 5.75 Å². The van der Waals surface area contributed by atoms with Crippen molar-refractivity contribution in [2.45, 2.75) is 43.3 Å². The number of alkyl halides is 3. The minimum absolute atomic E-state index is 0.0552. The predicted molar refractivity (Wildman–Crippen MR) is 170 cm³/mol. The van der Waals surface area contributed by atoms with Gasteiger partial charge in [0, 0.05) is 51.8 Å². The molecular formula is C31H33F4N5O5S2. The summed E-state index contributed by atoms with van der Waals surface area (Å²) in [5.41, 5.74) is 0.738. The molecule has 16 heteroatoms. The SMILES string of the molecule is COCCN1CCC(Nc2cccc3c(CC(F)(F)F)c(C#CCNc4cc(F)c(S(=O)(=O)NC(C)=O)cc4OCC#N)sc23)CC1. The van der Waals surface area contributed by atoms with E-state index in [4.69, 9.17) is 14.7 Å². The number of methoxy groups -OCH3 is 1. The van der Waals surface area contributed by atoms with Crippen LogP contribution in [-0.2, 0) is 26.0 Å². The summed E-state index contributed by atoms with van der Waals surface area (Å²) in [6, 6.07) is 8.71. The van der Waals surface area contributed by atoms with Crippen LogP contribution >= 0.6 is 11.3 Å². The number of thiophene rings is 1. The van der Waals surface area contributed by atoms with E-state index >= 15 is 0 Å². The van der Waals surface area contributed by atoms with Gasteiger partial charge in [-0.25, -0.2) is 17.5 Å². The Labute approximate surface area is 274 Å². The first-order valence-corrected chi connectivity index (χ1v) is 16.8. The van der Waals surface area contributed by atoms with Crippen molar-refractivity contribution in [3.05, 3.63) is 46.6 Å². The largest absolute Gasteiger partial charge is 0.477 e. The van der Waals surface area contributed by atoms with Gasteiger partial charge in [0.05, 0.1) is 40.5 Å². The maximum absolute atomic E-state index is 14.8. The minimum Gasteiger partial charge on any atom is -0.477 e. The van der Waals surface area contributed by atoms with Gasteiger partial charge in [0.25, 0.3) is 10.0 Å². The van der Waals surface area contributed by atoms with Crippen molar-refractivity contribution in [3.63, 3.8) is 0 Å². The van der Waals surface area contributed by atoms with Crippen LogP contribution < -0.4 is 20.1 Å². The second-order valence-corrected chi connectivity index (χ2v) is 13.4. The number of nitrogens with one attached hydrogen (secondary N) is 3. The highest BCUT2D eigenvalue weighted by atomic mass is 32.2. The molecule has 2 aromatic carbocycles. The highest BCUT2D eigenvalue weighted by Crippen LogP contribution is 2.39. The second-order valence-electron chi connectivity index (χ2n) is 10.7. The quantitative estimate of drug-likeness (QED) is 0.180. The maximum Gasteiger partial charge on any atom is 0.393 e. The van der Waals surface area contributed by atoms with Gasteiger partial charge < -0.3 is 25.0 Å². The first-order valence-electron chi connectivity index (χ1n) is 14.5. The number of amides is 1. The normalized spacial score (nSPS) is 14.2. The molecule has 1 amide bonds. The van der Waals surface area contributed by atoms with E-state index in [0.29, 0.717) is 16.7 Å². The number of carbonyl (C=O) groups is 1. The molecule has 3 N–H and O–H groups in total. The lowest BCUT2D eigenvalue weighted by atomic mass is 10.0. The number of hydrogen-bond donors (Lipinski definition) is 3. The van der Waals surface area contributed by atoms with Crippen molar-refractivity contribution in [3.8, 4) is 23.7 Å². The van der Waals surface area contributed by atoms with Crippen molar-refractivity contribution in [2.75, 3.05) is 57.1 Å². The van der Waals surface area contributed by atoms with E-state index < -0.39 is 45.8 Å². The van der Waals surface area contributed by atoms with Gasteiger partial charge in [-0.2, -0.15) is 18.4 Å². The number of carbonyl (C=O) groups excluding carboxylic acids is 1. The minimum atomic E-state index is -4.56. The molecule has 0 aliphatic carbocycles. The summed E-state index contributed by atoms with van der Waals surface area (Å²) in [5.74, 6) is 3.22. The monoisotopic (exact) mass is 695 g/mol. The van der Waals surface area contributed by atoms with E-state index in [1.807, 2.05) is 6.07 Å². The van der Waals surface area contributed by atoms with Crippen LogP contribution in [0.3, 0.4) is 0 Å². The average Bonchev–Trinajstić information content (AvgIpc) is 3.34. The van der Waals surface area contributed by atoms with E-state index in [1.165, 1.54) is 0 Å².